The van der Waals surface area contributed by atoms with E-state index in [1.54, 1.807) is 23.0 Å². The molecule has 0 aliphatic heterocycles. The molecule has 0 saturated heterocycles. The first-order valence-corrected chi connectivity index (χ1v) is 6.48. The smallest absolute Gasteiger partial charge is 0.193 e. The van der Waals surface area contributed by atoms with Gasteiger partial charge < -0.3 is 4.42 Å². The molecule has 1 unspecified atom stereocenters. The maximum atomic E-state index is 5.82. The number of hydrogen-bond acceptors (Lipinski definition) is 4. The molecule has 1 atom stereocenters. The summed E-state index contributed by atoms with van der Waals surface area (Å²) >= 11 is 5.82. The van der Waals surface area contributed by atoms with Crippen molar-refractivity contribution in [3.05, 3.63) is 71.4 Å². The van der Waals surface area contributed by atoms with Crippen LogP contribution in [0, 0.1) is 0 Å². The fraction of sp³-hybridized carbons (Fsp3) is 0.0714. The zero-order chi connectivity index (χ0) is 13.9. The average molecular weight is 289 g/mol. The van der Waals surface area contributed by atoms with Gasteiger partial charge in [0.15, 0.2) is 5.22 Å². The van der Waals surface area contributed by atoms with Crippen LogP contribution in [0.15, 0.2) is 59.1 Å². The Morgan fingerprint density at radius 3 is 2.60 bits per heavy atom. The molecular formula is C14H13ClN4O. The molecule has 0 spiro atoms. The van der Waals surface area contributed by atoms with E-state index in [4.69, 9.17) is 21.9 Å². The lowest BCUT2D eigenvalue weighted by molar-refractivity contribution is 0.443. The second-order valence-electron chi connectivity index (χ2n) is 4.24. The number of halogens is 1. The quantitative estimate of drug-likeness (QED) is 0.572. The van der Waals surface area contributed by atoms with E-state index in [1.807, 2.05) is 36.4 Å². The minimum atomic E-state index is -0.329. The maximum absolute atomic E-state index is 5.82. The van der Waals surface area contributed by atoms with E-state index < -0.39 is 0 Å². The molecule has 2 aromatic heterocycles. The first-order chi connectivity index (χ1) is 9.79. The van der Waals surface area contributed by atoms with Crippen molar-refractivity contribution in [2.45, 2.75) is 6.04 Å². The standard InChI is InChI=1S/C14H13ClN4O/c15-13-7-6-12(20-13)14(18-16)11-8-9-17-19(11)10-4-2-1-3-5-10/h1-9,14,18H,16H2. The molecule has 3 aromatic rings. The number of nitrogens with two attached hydrogens (primary N) is 1. The highest BCUT2D eigenvalue weighted by Crippen LogP contribution is 2.26. The average Bonchev–Trinajstić information content (AvgIpc) is 3.11. The molecule has 0 radical (unpaired) electrons. The second-order valence-corrected chi connectivity index (χ2v) is 4.62. The molecule has 3 rings (SSSR count). The van der Waals surface area contributed by atoms with Crippen LogP contribution in [-0.4, -0.2) is 9.78 Å². The van der Waals surface area contributed by atoms with Gasteiger partial charge in [0.1, 0.15) is 11.8 Å². The number of hydrazine groups is 1. The predicted molar refractivity (Wildman–Crippen MR) is 76.4 cm³/mol. The van der Waals surface area contributed by atoms with Crippen molar-refractivity contribution in [1.29, 1.82) is 0 Å². The van der Waals surface area contributed by atoms with Gasteiger partial charge in [0.2, 0.25) is 0 Å². The van der Waals surface area contributed by atoms with E-state index >= 15 is 0 Å². The number of benzene rings is 1. The van der Waals surface area contributed by atoms with Crippen molar-refractivity contribution in [3.63, 3.8) is 0 Å². The predicted octanol–water partition coefficient (Wildman–Crippen LogP) is 2.67. The Balaban J connectivity index is 2.04. The SMILES string of the molecule is NNC(c1ccc(Cl)o1)c1ccnn1-c1ccccc1. The van der Waals surface area contributed by atoms with Crippen LogP contribution >= 0.6 is 11.6 Å². The van der Waals surface area contributed by atoms with Gasteiger partial charge in [0.05, 0.1) is 11.4 Å². The molecule has 0 amide bonds. The van der Waals surface area contributed by atoms with Crippen molar-refractivity contribution < 1.29 is 4.42 Å². The highest BCUT2D eigenvalue weighted by atomic mass is 35.5. The molecule has 2 heterocycles. The zero-order valence-electron chi connectivity index (χ0n) is 10.5. The molecule has 0 aliphatic rings. The van der Waals surface area contributed by atoms with E-state index in [-0.39, 0.29) is 6.04 Å². The van der Waals surface area contributed by atoms with Crippen LogP contribution in [0.5, 0.6) is 0 Å². The molecule has 3 N–H and O–H groups in total. The maximum Gasteiger partial charge on any atom is 0.193 e. The van der Waals surface area contributed by atoms with Crippen molar-refractivity contribution in [3.8, 4) is 5.69 Å². The molecule has 0 aliphatic carbocycles. The summed E-state index contributed by atoms with van der Waals surface area (Å²) in [6, 6.07) is 14.8. The van der Waals surface area contributed by atoms with Crippen LogP contribution in [0.2, 0.25) is 5.22 Å². The number of hydrogen-bond donors (Lipinski definition) is 2. The molecule has 6 heteroatoms. The van der Waals surface area contributed by atoms with Gasteiger partial charge in [-0.05, 0) is 41.9 Å². The van der Waals surface area contributed by atoms with Gasteiger partial charge in [-0.1, -0.05) is 18.2 Å². The lowest BCUT2D eigenvalue weighted by atomic mass is 10.1. The van der Waals surface area contributed by atoms with Gasteiger partial charge in [-0.25, -0.2) is 10.1 Å². The summed E-state index contributed by atoms with van der Waals surface area (Å²) in [5.74, 6) is 6.29. The summed E-state index contributed by atoms with van der Waals surface area (Å²) in [5.41, 5.74) is 4.55. The third-order valence-corrected chi connectivity index (χ3v) is 3.22. The molecule has 20 heavy (non-hydrogen) atoms. The summed E-state index contributed by atoms with van der Waals surface area (Å²) in [5, 5.41) is 4.66. The van der Waals surface area contributed by atoms with Crippen LogP contribution in [-0.2, 0) is 0 Å². The van der Waals surface area contributed by atoms with Crippen molar-refractivity contribution in [1.82, 2.24) is 15.2 Å². The number of para-hydroxylation sites is 1. The van der Waals surface area contributed by atoms with Crippen molar-refractivity contribution in [2.75, 3.05) is 0 Å². The summed E-state index contributed by atoms with van der Waals surface area (Å²) in [7, 11) is 0. The molecule has 5 nitrogen and oxygen atoms in total. The van der Waals surface area contributed by atoms with Gasteiger partial charge >= 0.3 is 0 Å². The van der Waals surface area contributed by atoms with Gasteiger partial charge in [-0.3, -0.25) is 5.84 Å². The van der Waals surface area contributed by atoms with Crippen LogP contribution in [0.25, 0.3) is 5.69 Å². The first kappa shape index (κ1) is 12.9. The molecule has 0 fully saturated rings. The molecule has 102 valence electrons. The van der Waals surface area contributed by atoms with Crippen molar-refractivity contribution in [2.24, 2.45) is 5.84 Å². The molecule has 0 bridgehead atoms. The van der Waals surface area contributed by atoms with E-state index in [0.717, 1.165) is 11.4 Å². The van der Waals surface area contributed by atoms with E-state index in [2.05, 4.69) is 10.5 Å². The highest BCUT2D eigenvalue weighted by molar-refractivity contribution is 6.28. The van der Waals surface area contributed by atoms with Crippen molar-refractivity contribution >= 4 is 11.6 Å². The number of furan rings is 1. The van der Waals surface area contributed by atoms with E-state index in [0.29, 0.717) is 11.0 Å². The summed E-state index contributed by atoms with van der Waals surface area (Å²) in [6.07, 6.45) is 1.72. The number of nitrogens with one attached hydrogen (secondary N) is 1. The van der Waals surface area contributed by atoms with E-state index in [9.17, 15) is 0 Å². The molecular weight excluding hydrogens is 276 g/mol. The lowest BCUT2D eigenvalue weighted by Gasteiger charge is -2.15. The third kappa shape index (κ3) is 2.34. The fourth-order valence-electron chi connectivity index (χ4n) is 2.11. The first-order valence-electron chi connectivity index (χ1n) is 6.10. The highest BCUT2D eigenvalue weighted by Gasteiger charge is 2.21. The Bertz CT molecular complexity index is 692. The Hall–Kier alpha value is -2.08. The molecule has 1 aromatic carbocycles. The van der Waals surface area contributed by atoms with E-state index in [1.165, 1.54) is 0 Å². The van der Waals surface area contributed by atoms with Crippen LogP contribution in [0.4, 0.5) is 0 Å². The summed E-state index contributed by atoms with van der Waals surface area (Å²) < 4.78 is 7.24. The number of aromatic nitrogens is 2. The van der Waals surface area contributed by atoms with Gasteiger partial charge in [0, 0.05) is 6.20 Å². The fourth-order valence-corrected chi connectivity index (χ4v) is 2.27. The number of rotatable bonds is 4. The monoisotopic (exact) mass is 288 g/mol. The molecule has 0 saturated carbocycles. The van der Waals surface area contributed by atoms with Crippen LogP contribution in [0.1, 0.15) is 17.5 Å². The summed E-state index contributed by atoms with van der Waals surface area (Å²) in [4.78, 5) is 0. The van der Waals surface area contributed by atoms with Crippen LogP contribution < -0.4 is 11.3 Å². The number of nitrogens with zero attached hydrogens (tertiary/aromatic N) is 2. The Labute approximate surface area is 120 Å². The largest absolute Gasteiger partial charge is 0.448 e. The minimum absolute atomic E-state index is 0.325. The van der Waals surface area contributed by atoms with Gasteiger partial charge in [-0.2, -0.15) is 5.10 Å². The Morgan fingerprint density at radius 1 is 1.15 bits per heavy atom. The topological polar surface area (TPSA) is 69.0 Å². The van der Waals surface area contributed by atoms with Gasteiger partial charge in [0.25, 0.3) is 0 Å². The van der Waals surface area contributed by atoms with Crippen LogP contribution in [0.3, 0.4) is 0 Å². The Kier molecular flexibility index (Phi) is 3.56. The normalized spacial score (nSPS) is 12.5. The Morgan fingerprint density at radius 2 is 1.95 bits per heavy atom. The second kappa shape index (κ2) is 5.50. The minimum Gasteiger partial charge on any atom is -0.448 e. The van der Waals surface area contributed by atoms with Gasteiger partial charge in [-0.15, -0.1) is 0 Å². The lowest BCUT2D eigenvalue weighted by Crippen LogP contribution is -2.30. The third-order valence-electron chi connectivity index (χ3n) is 3.01. The zero-order valence-corrected chi connectivity index (χ0v) is 11.3. The summed E-state index contributed by atoms with van der Waals surface area (Å²) in [6.45, 7) is 0.